The second kappa shape index (κ2) is 4.20. The lowest BCUT2D eigenvalue weighted by Crippen LogP contribution is -2.55. The molecule has 0 aliphatic heterocycles. The van der Waals surface area contributed by atoms with Crippen LogP contribution in [0.3, 0.4) is 0 Å². The third kappa shape index (κ3) is 1.70. The second-order valence-electron chi connectivity index (χ2n) is 7.49. The Labute approximate surface area is 125 Å². The Morgan fingerprint density at radius 1 is 1.35 bits per heavy atom. The van der Waals surface area contributed by atoms with Crippen LogP contribution in [0.1, 0.15) is 45.6 Å². The highest BCUT2D eigenvalue weighted by Gasteiger charge is 2.68. The summed E-state index contributed by atoms with van der Waals surface area (Å²) in [5.74, 6) is 0.254. The Kier molecular flexibility index (Phi) is 3.02. The first-order valence-electron chi connectivity index (χ1n) is 7.36. The summed E-state index contributed by atoms with van der Waals surface area (Å²) in [6.07, 6.45) is 3.72. The maximum absolute atomic E-state index is 13.5. The fourth-order valence-electron chi connectivity index (χ4n) is 4.74. The van der Waals surface area contributed by atoms with Crippen molar-refractivity contribution in [1.82, 2.24) is 0 Å². The molecule has 2 saturated carbocycles. The summed E-state index contributed by atoms with van der Waals surface area (Å²) in [6, 6.07) is 4.41. The largest absolute Gasteiger partial charge is 0.388 e. The molecule has 2 bridgehead atoms. The number of halogens is 2. The van der Waals surface area contributed by atoms with Gasteiger partial charge >= 0.3 is 0 Å². The lowest BCUT2D eigenvalue weighted by Gasteiger charge is -2.51. The quantitative estimate of drug-likeness (QED) is 0.846. The van der Waals surface area contributed by atoms with Gasteiger partial charge in [0.05, 0.1) is 5.60 Å². The highest BCUT2D eigenvalue weighted by atomic mass is 35.5. The third-order valence-corrected chi connectivity index (χ3v) is 6.65. The predicted octanol–water partition coefficient (Wildman–Crippen LogP) is 4.60. The molecule has 3 heteroatoms. The molecular formula is C17H22ClFO. The number of benzene rings is 1. The van der Waals surface area contributed by atoms with Crippen LogP contribution in [0.2, 0.25) is 5.02 Å². The van der Waals surface area contributed by atoms with Crippen LogP contribution in [-0.2, 0) is 6.42 Å². The molecule has 110 valence electrons. The van der Waals surface area contributed by atoms with Crippen LogP contribution in [0.15, 0.2) is 18.2 Å². The van der Waals surface area contributed by atoms with Gasteiger partial charge in [-0.15, -0.1) is 0 Å². The van der Waals surface area contributed by atoms with Crippen molar-refractivity contribution in [3.63, 3.8) is 0 Å². The van der Waals surface area contributed by atoms with Gasteiger partial charge in [0, 0.05) is 11.4 Å². The standard InChI is InChI=1S/C17H22ClFO/c1-15(2)12-6-7-16(3,10-12)17(15,20)9-11-8-13(19)4-5-14(11)18/h4-5,8,12,20H,6-7,9-10H2,1-3H3. The summed E-state index contributed by atoms with van der Waals surface area (Å²) in [4.78, 5) is 0. The van der Waals surface area contributed by atoms with Gasteiger partial charge in [0.15, 0.2) is 0 Å². The topological polar surface area (TPSA) is 20.2 Å². The van der Waals surface area contributed by atoms with Gasteiger partial charge in [-0.1, -0.05) is 32.4 Å². The number of hydrogen-bond donors (Lipinski definition) is 1. The molecule has 2 aliphatic rings. The van der Waals surface area contributed by atoms with Crippen molar-refractivity contribution in [2.24, 2.45) is 16.7 Å². The van der Waals surface area contributed by atoms with Crippen LogP contribution in [0.4, 0.5) is 4.39 Å². The van der Waals surface area contributed by atoms with Gasteiger partial charge < -0.3 is 5.11 Å². The van der Waals surface area contributed by atoms with E-state index in [1.54, 1.807) is 6.07 Å². The lowest BCUT2D eigenvalue weighted by atomic mass is 9.58. The monoisotopic (exact) mass is 296 g/mol. The molecule has 1 nitrogen and oxygen atoms in total. The van der Waals surface area contributed by atoms with Crippen molar-refractivity contribution in [2.75, 3.05) is 0 Å². The van der Waals surface area contributed by atoms with E-state index in [0.717, 1.165) is 18.4 Å². The van der Waals surface area contributed by atoms with Gasteiger partial charge in [-0.25, -0.2) is 4.39 Å². The summed E-state index contributed by atoms with van der Waals surface area (Å²) in [6.45, 7) is 6.47. The van der Waals surface area contributed by atoms with Crippen molar-refractivity contribution in [1.29, 1.82) is 0 Å². The molecule has 0 aromatic heterocycles. The molecule has 3 unspecified atom stereocenters. The van der Waals surface area contributed by atoms with Gasteiger partial charge in [-0.3, -0.25) is 0 Å². The molecule has 0 saturated heterocycles. The summed E-state index contributed by atoms with van der Waals surface area (Å²) < 4.78 is 13.5. The van der Waals surface area contributed by atoms with Crippen LogP contribution in [-0.4, -0.2) is 10.7 Å². The molecule has 20 heavy (non-hydrogen) atoms. The smallest absolute Gasteiger partial charge is 0.123 e. The molecule has 3 atom stereocenters. The van der Waals surface area contributed by atoms with E-state index in [9.17, 15) is 9.50 Å². The van der Waals surface area contributed by atoms with Crippen LogP contribution in [0, 0.1) is 22.6 Å². The zero-order valence-corrected chi connectivity index (χ0v) is 13.1. The number of fused-ring (bicyclic) bond motifs is 2. The van der Waals surface area contributed by atoms with Crippen molar-refractivity contribution >= 4 is 11.6 Å². The SMILES string of the molecule is CC12CCC(C1)C(C)(C)C2(O)Cc1cc(F)ccc1Cl. The first-order chi connectivity index (χ1) is 9.20. The fourth-order valence-corrected chi connectivity index (χ4v) is 4.93. The maximum atomic E-state index is 13.5. The van der Waals surface area contributed by atoms with Crippen LogP contribution in [0.25, 0.3) is 0 Å². The highest BCUT2D eigenvalue weighted by Crippen LogP contribution is 2.68. The normalized spacial score (nSPS) is 38.4. The van der Waals surface area contributed by atoms with E-state index in [0.29, 0.717) is 17.4 Å². The number of rotatable bonds is 2. The molecule has 1 N–H and O–H groups in total. The Morgan fingerprint density at radius 3 is 2.65 bits per heavy atom. The minimum atomic E-state index is -0.819. The molecular weight excluding hydrogens is 275 g/mol. The Bertz CT molecular complexity index is 549. The average Bonchev–Trinajstić information content (AvgIpc) is 2.82. The summed E-state index contributed by atoms with van der Waals surface area (Å²) in [5.41, 5.74) is -0.344. The minimum Gasteiger partial charge on any atom is -0.388 e. The first-order valence-corrected chi connectivity index (χ1v) is 7.74. The van der Waals surface area contributed by atoms with Crippen molar-refractivity contribution in [3.8, 4) is 0 Å². The van der Waals surface area contributed by atoms with E-state index in [-0.39, 0.29) is 16.6 Å². The molecule has 2 aliphatic carbocycles. The van der Waals surface area contributed by atoms with E-state index in [1.807, 2.05) is 0 Å². The van der Waals surface area contributed by atoms with E-state index in [4.69, 9.17) is 11.6 Å². The molecule has 0 spiro atoms. The average molecular weight is 297 g/mol. The van der Waals surface area contributed by atoms with Gasteiger partial charge in [0.1, 0.15) is 5.82 Å². The summed E-state index contributed by atoms with van der Waals surface area (Å²) in [5, 5.41) is 12.0. The molecule has 0 amide bonds. The summed E-state index contributed by atoms with van der Waals surface area (Å²) in [7, 11) is 0. The lowest BCUT2D eigenvalue weighted by molar-refractivity contribution is -0.141. The molecule has 0 radical (unpaired) electrons. The van der Waals surface area contributed by atoms with E-state index >= 15 is 0 Å². The Morgan fingerprint density at radius 2 is 2.05 bits per heavy atom. The number of aliphatic hydroxyl groups is 1. The Balaban J connectivity index is 2.02. The molecule has 2 fully saturated rings. The van der Waals surface area contributed by atoms with Crippen molar-refractivity contribution < 1.29 is 9.50 Å². The summed E-state index contributed by atoms with van der Waals surface area (Å²) >= 11 is 6.20. The van der Waals surface area contributed by atoms with E-state index in [2.05, 4.69) is 20.8 Å². The van der Waals surface area contributed by atoms with Crippen LogP contribution >= 0.6 is 11.6 Å². The zero-order chi connectivity index (χ0) is 14.8. The molecule has 3 rings (SSSR count). The second-order valence-corrected chi connectivity index (χ2v) is 7.90. The van der Waals surface area contributed by atoms with Gasteiger partial charge in [0.25, 0.3) is 0 Å². The van der Waals surface area contributed by atoms with Gasteiger partial charge in [0.2, 0.25) is 0 Å². The van der Waals surface area contributed by atoms with Crippen molar-refractivity contribution in [2.45, 2.75) is 52.1 Å². The zero-order valence-electron chi connectivity index (χ0n) is 12.3. The predicted molar refractivity (Wildman–Crippen MR) is 79.3 cm³/mol. The fraction of sp³-hybridized carbons (Fsp3) is 0.647. The molecule has 0 heterocycles. The maximum Gasteiger partial charge on any atom is 0.123 e. The molecule has 1 aromatic carbocycles. The van der Waals surface area contributed by atoms with Crippen LogP contribution < -0.4 is 0 Å². The van der Waals surface area contributed by atoms with E-state index < -0.39 is 5.60 Å². The van der Waals surface area contributed by atoms with Crippen LogP contribution in [0.5, 0.6) is 0 Å². The first kappa shape index (κ1) is 14.3. The highest BCUT2D eigenvalue weighted by molar-refractivity contribution is 6.31. The number of hydrogen-bond acceptors (Lipinski definition) is 1. The molecule has 1 aromatic rings. The Hall–Kier alpha value is -0.600. The minimum absolute atomic E-state index is 0.0865. The van der Waals surface area contributed by atoms with Crippen molar-refractivity contribution in [3.05, 3.63) is 34.6 Å². The van der Waals surface area contributed by atoms with Gasteiger partial charge in [-0.2, -0.15) is 0 Å². The van der Waals surface area contributed by atoms with Gasteiger partial charge in [-0.05, 0) is 59.8 Å². The van der Waals surface area contributed by atoms with E-state index in [1.165, 1.54) is 18.6 Å². The third-order valence-electron chi connectivity index (χ3n) is 6.28.